The summed E-state index contributed by atoms with van der Waals surface area (Å²) < 4.78 is 39.1. The minimum absolute atomic E-state index is 0.0939. The van der Waals surface area contributed by atoms with Crippen molar-refractivity contribution in [3.05, 3.63) is 47.0 Å². The second-order valence-electron chi connectivity index (χ2n) is 7.01. The summed E-state index contributed by atoms with van der Waals surface area (Å²) in [6, 6.07) is 5.02. The molecule has 1 aliphatic carbocycles. The van der Waals surface area contributed by atoms with Crippen molar-refractivity contribution < 1.29 is 13.2 Å². The maximum atomic E-state index is 13.0. The van der Waals surface area contributed by atoms with Crippen LogP contribution in [0.1, 0.15) is 30.5 Å². The molecule has 2 fully saturated rings. The molecule has 1 unspecified atom stereocenters. The van der Waals surface area contributed by atoms with Crippen LogP contribution in [0.15, 0.2) is 30.6 Å². The molecular weight excluding hydrogens is 379 g/mol. The molecule has 144 valence electrons. The lowest BCUT2D eigenvalue weighted by atomic mass is 10.2. The predicted molar refractivity (Wildman–Crippen MR) is 95.5 cm³/mol. The van der Waals surface area contributed by atoms with Crippen LogP contribution in [0.25, 0.3) is 0 Å². The van der Waals surface area contributed by atoms with Gasteiger partial charge < -0.3 is 4.90 Å². The number of hydrogen-bond acceptors (Lipinski definition) is 5. The van der Waals surface area contributed by atoms with E-state index in [1.807, 2.05) is 17.0 Å². The Morgan fingerprint density at radius 1 is 1.11 bits per heavy atom. The number of nitrogens with zero attached hydrogens (tertiary/aromatic N) is 5. The van der Waals surface area contributed by atoms with Gasteiger partial charge in [-0.2, -0.15) is 13.2 Å². The number of aromatic nitrogens is 3. The summed E-state index contributed by atoms with van der Waals surface area (Å²) in [4.78, 5) is 16.3. The first-order valence-corrected chi connectivity index (χ1v) is 9.30. The van der Waals surface area contributed by atoms with Crippen LogP contribution in [0.3, 0.4) is 0 Å². The zero-order chi connectivity index (χ0) is 19.0. The van der Waals surface area contributed by atoms with Gasteiger partial charge in [0.2, 0.25) is 5.95 Å². The number of likely N-dealkylation sites (tertiary alicyclic amines) is 1. The predicted octanol–water partition coefficient (Wildman–Crippen LogP) is 3.79. The van der Waals surface area contributed by atoms with Crippen molar-refractivity contribution in [3.8, 4) is 0 Å². The van der Waals surface area contributed by atoms with Crippen molar-refractivity contribution in [2.45, 2.75) is 44.1 Å². The van der Waals surface area contributed by atoms with E-state index in [0.717, 1.165) is 44.0 Å². The highest BCUT2D eigenvalue weighted by Gasteiger charge is 2.40. The van der Waals surface area contributed by atoms with E-state index >= 15 is 0 Å². The summed E-state index contributed by atoms with van der Waals surface area (Å²) in [6.45, 7) is 2.25. The van der Waals surface area contributed by atoms with E-state index in [1.54, 1.807) is 6.20 Å². The van der Waals surface area contributed by atoms with E-state index in [0.29, 0.717) is 11.7 Å². The van der Waals surface area contributed by atoms with Gasteiger partial charge in [-0.1, -0.05) is 17.7 Å². The van der Waals surface area contributed by atoms with Gasteiger partial charge in [-0.05, 0) is 31.4 Å². The Morgan fingerprint density at radius 3 is 2.63 bits per heavy atom. The second kappa shape index (κ2) is 7.24. The van der Waals surface area contributed by atoms with E-state index in [-0.39, 0.29) is 18.0 Å². The molecule has 9 heteroatoms. The third-order valence-corrected chi connectivity index (χ3v) is 5.32. The standard InChI is InChI=1S/C18H19ClF3N5/c19-16-12(2-1-7-23-16)10-26-9-6-14(11-26)27(13-3-4-13)17-24-8-5-15(25-17)18(20,21)22/h1-2,5,7-8,13-14H,3-4,6,9-11H2. The minimum Gasteiger partial charge on any atom is -0.334 e. The molecule has 27 heavy (non-hydrogen) atoms. The molecule has 1 saturated carbocycles. The van der Waals surface area contributed by atoms with Crippen molar-refractivity contribution in [1.82, 2.24) is 19.9 Å². The highest BCUT2D eigenvalue weighted by atomic mass is 35.5. The third kappa shape index (κ3) is 4.16. The average molecular weight is 398 g/mol. The molecule has 0 N–H and O–H groups in total. The Hall–Kier alpha value is -1.93. The van der Waals surface area contributed by atoms with Crippen LogP contribution < -0.4 is 4.90 Å². The minimum atomic E-state index is -4.47. The largest absolute Gasteiger partial charge is 0.433 e. The Morgan fingerprint density at radius 2 is 1.93 bits per heavy atom. The lowest BCUT2D eigenvalue weighted by molar-refractivity contribution is -0.141. The van der Waals surface area contributed by atoms with Crippen molar-refractivity contribution in [2.24, 2.45) is 0 Å². The average Bonchev–Trinajstić information content (AvgIpc) is 3.36. The Kier molecular flexibility index (Phi) is 4.94. The van der Waals surface area contributed by atoms with Crippen LogP contribution in [-0.4, -0.2) is 45.0 Å². The van der Waals surface area contributed by atoms with Gasteiger partial charge >= 0.3 is 6.18 Å². The van der Waals surface area contributed by atoms with Crippen molar-refractivity contribution in [3.63, 3.8) is 0 Å². The van der Waals surface area contributed by atoms with Gasteiger partial charge in [-0.15, -0.1) is 0 Å². The van der Waals surface area contributed by atoms with E-state index in [1.165, 1.54) is 6.20 Å². The first-order chi connectivity index (χ1) is 12.9. The third-order valence-electron chi connectivity index (χ3n) is 4.98. The van der Waals surface area contributed by atoms with Gasteiger partial charge in [-0.3, -0.25) is 4.90 Å². The number of pyridine rings is 1. The van der Waals surface area contributed by atoms with Crippen molar-refractivity contribution in [1.29, 1.82) is 0 Å². The molecule has 4 rings (SSSR count). The van der Waals surface area contributed by atoms with E-state index in [4.69, 9.17) is 11.6 Å². The molecule has 1 saturated heterocycles. The number of rotatable bonds is 5. The topological polar surface area (TPSA) is 45.2 Å². The van der Waals surface area contributed by atoms with E-state index in [2.05, 4.69) is 19.9 Å². The Bertz CT molecular complexity index is 812. The maximum Gasteiger partial charge on any atom is 0.433 e. The summed E-state index contributed by atoms with van der Waals surface area (Å²) in [5.41, 5.74) is 0.0586. The Balaban J connectivity index is 1.50. The summed E-state index contributed by atoms with van der Waals surface area (Å²) in [7, 11) is 0. The Labute approximate surface area is 160 Å². The zero-order valence-electron chi connectivity index (χ0n) is 14.5. The SMILES string of the molecule is FC(F)(F)c1ccnc(N(C2CC2)C2CCN(Cc3cccnc3Cl)C2)n1. The molecule has 0 radical (unpaired) electrons. The molecule has 1 atom stereocenters. The molecule has 1 aliphatic heterocycles. The first-order valence-electron chi connectivity index (χ1n) is 8.92. The molecule has 0 aromatic carbocycles. The van der Waals surface area contributed by atoms with Crippen LogP contribution >= 0.6 is 11.6 Å². The first kappa shape index (κ1) is 18.4. The smallest absolute Gasteiger partial charge is 0.334 e. The number of anilines is 1. The van der Waals surface area contributed by atoms with Crippen LogP contribution in [0, 0.1) is 0 Å². The molecule has 2 aliphatic rings. The highest BCUT2D eigenvalue weighted by Crippen LogP contribution is 2.36. The van der Waals surface area contributed by atoms with Crippen LogP contribution in [0.5, 0.6) is 0 Å². The van der Waals surface area contributed by atoms with Gasteiger partial charge in [0.25, 0.3) is 0 Å². The summed E-state index contributed by atoms with van der Waals surface area (Å²) >= 11 is 6.14. The van der Waals surface area contributed by atoms with E-state index < -0.39 is 11.9 Å². The van der Waals surface area contributed by atoms with Gasteiger partial charge in [0.15, 0.2) is 0 Å². The highest BCUT2D eigenvalue weighted by molar-refractivity contribution is 6.30. The fourth-order valence-electron chi connectivity index (χ4n) is 3.57. The maximum absolute atomic E-state index is 13.0. The molecule has 2 aromatic rings. The normalized spacial score (nSPS) is 20.8. The molecular formula is C18H19ClF3N5. The fourth-order valence-corrected chi connectivity index (χ4v) is 3.75. The van der Waals surface area contributed by atoms with Crippen LogP contribution in [-0.2, 0) is 12.7 Å². The molecule has 3 heterocycles. The van der Waals surface area contributed by atoms with Gasteiger partial charge in [-0.25, -0.2) is 15.0 Å². The summed E-state index contributed by atoms with van der Waals surface area (Å²) in [6.07, 6.45) is 1.16. The van der Waals surface area contributed by atoms with Gasteiger partial charge in [0.1, 0.15) is 10.8 Å². The van der Waals surface area contributed by atoms with Crippen LogP contribution in [0.4, 0.5) is 19.1 Å². The summed E-state index contributed by atoms with van der Waals surface area (Å²) in [5, 5.41) is 0.487. The fraction of sp³-hybridized carbons (Fsp3) is 0.500. The number of hydrogen-bond donors (Lipinski definition) is 0. The quantitative estimate of drug-likeness (QED) is 0.718. The molecule has 5 nitrogen and oxygen atoms in total. The van der Waals surface area contributed by atoms with Gasteiger partial charge in [0, 0.05) is 49.7 Å². The lowest BCUT2D eigenvalue weighted by Gasteiger charge is -2.29. The molecule has 2 aromatic heterocycles. The molecule has 0 spiro atoms. The van der Waals surface area contributed by atoms with Crippen molar-refractivity contribution >= 4 is 17.5 Å². The molecule has 0 bridgehead atoms. The number of halogens is 4. The van der Waals surface area contributed by atoms with Crippen LogP contribution in [0.2, 0.25) is 5.15 Å². The van der Waals surface area contributed by atoms with Crippen molar-refractivity contribution in [2.75, 3.05) is 18.0 Å². The van der Waals surface area contributed by atoms with Gasteiger partial charge in [0.05, 0.1) is 0 Å². The zero-order valence-corrected chi connectivity index (χ0v) is 15.3. The van der Waals surface area contributed by atoms with E-state index in [9.17, 15) is 13.2 Å². The summed E-state index contributed by atoms with van der Waals surface area (Å²) in [5.74, 6) is 0.179. The molecule has 0 amide bonds. The number of alkyl halides is 3. The lowest BCUT2D eigenvalue weighted by Crippen LogP contribution is -2.40. The second-order valence-corrected chi connectivity index (χ2v) is 7.37. The monoisotopic (exact) mass is 397 g/mol.